The van der Waals surface area contributed by atoms with Crippen molar-refractivity contribution in [3.8, 4) is 5.75 Å². The van der Waals surface area contributed by atoms with Gasteiger partial charge in [-0.1, -0.05) is 6.07 Å². The van der Waals surface area contributed by atoms with Crippen LogP contribution in [-0.2, 0) is 16.6 Å². The van der Waals surface area contributed by atoms with Crippen molar-refractivity contribution in [2.45, 2.75) is 11.4 Å². The van der Waals surface area contributed by atoms with E-state index in [2.05, 4.69) is 9.71 Å². The zero-order chi connectivity index (χ0) is 15.1. The van der Waals surface area contributed by atoms with Gasteiger partial charge in [0, 0.05) is 25.5 Å². The number of aromatic nitrogens is 1. The van der Waals surface area contributed by atoms with Gasteiger partial charge in [-0.25, -0.2) is 13.1 Å². The van der Waals surface area contributed by atoms with Crippen molar-refractivity contribution < 1.29 is 13.2 Å². The molecule has 2 aromatic rings. The van der Waals surface area contributed by atoms with Gasteiger partial charge in [-0.2, -0.15) is 0 Å². The van der Waals surface area contributed by atoms with Crippen molar-refractivity contribution in [3.63, 3.8) is 0 Å². The van der Waals surface area contributed by atoms with Crippen molar-refractivity contribution in [2.75, 3.05) is 13.2 Å². The molecule has 3 N–H and O–H groups in total. The Balaban J connectivity index is 2.02. The monoisotopic (exact) mass is 307 g/mol. The molecule has 0 saturated heterocycles. The fourth-order valence-corrected chi connectivity index (χ4v) is 2.67. The predicted molar refractivity (Wildman–Crippen MR) is 79.3 cm³/mol. The molecule has 0 spiro atoms. The lowest BCUT2D eigenvalue weighted by molar-refractivity contribution is 0.328. The molecule has 0 aliphatic rings. The number of pyridine rings is 1. The second-order valence-corrected chi connectivity index (χ2v) is 6.06. The Kier molecular flexibility index (Phi) is 5.26. The van der Waals surface area contributed by atoms with Gasteiger partial charge in [0.2, 0.25) is 10.0 Å². The van der Waals surface area contributed by atoms with Crippen LogP contribution in [0, 0.1) is 0 Å². The van der Waals surface area contributed by atoms with Gasteiger partial charge >= 0.3 is 0 Å². The molecule has 1 aromatic heterocycles. The summed E-state index contributed by atoms with van der Waals surface area (Å²) in [5.41, 5.74) is 6.13. The number of hydrogen-bond donors (Lipinski definition) is 2. The van der Waals surface area contributed by atoms with Crippen LogP contribution in [0.25, 0.3) is 0 Å². The number of hydrogen-bond acceptors (Lipinski definition) is 5. The van der Waals surface area contributed by atoms with Crippen LogP contribution in [0.5, 0.6) is 5.75 Å². The maximum absolute atomic E-state index is 12.1. The number of ether oxygens (including phenoxy) is 1. The quantitative estimate of drug-likeness (QED) is 0.792. The molecule has 0 fully saturated rings. The number of sulfonamides is 1. The minimum atomic E-state index is -3.55. The van der Waals surface area contributed by atoms with Crippen LogP contribution in [0.3, 0.4) is 0 Å². The zero-order valence-electron chi connectivity index (χ0n) is 11.4. The van der Waals surface area contributed by atoms with Crippen molar-refractivity contribution in [1.82, 2.24) is 9.71 Å². The SMILES string of the molecule is NCCOc1ccc(S(=O)(=O)NCc2cccnc2)cc1. The summed E-state index contributed by atoms with van der Waals surface area (Å²) < 4.78 is 32.1. The van der Waals surface area contributed by atoms with Crippen LogP contribution in [0.4, 0.5) is 0 Å². The Morgan fingerprint density at radius 2 is 1.95 bits per heavy atom. The fourth-order valence-electron chi connectivity index (χ4n) is 1.66. The molecule has 1 aromatic carbocycles. The standard InChI is InChI=1S/C14H17N3O3S/c15-7-9-20-13-3-5-14(6-4-13)21(18,19)17-11-12-2-1-8-16-10-12/h1-6,8,10,17H,7,9,11,15H2. The van der Waals surface area contributed by atoms with Crippen molar-refractivity contribution in [3.05, 3.63) is 54.4 Å². The molecule has 6 nitrogen and oxygen atoms in total. The average molecular weight is 307 g/mol. The second-order valence-electron chi connectivity index (χ2n) is 4.29. The number of nitrogens with two attached hydrogens (primary N) is 1. The fraction of sp³-hybridized carbons (Fsp3) is 0.214. The van der Waals surface area contributed by atoms with Gasteiger partial charge in [-0.05, 0) is 35.9 Å². The number of nitrogens with zero attached hydrogens (tertiary/aromatic N) is 1. The first-order chi connectivity index (χ1) is 10.1. The van der Waals surface area contributed by atoms with Crippen LogP contribution in [0.15, 0.2) is 53.7 Å². The molecule has 0 bridgehead atoms. The van der Waals surface area contributed by atoms with E-state index in [9.17, 15) is 8.42 Å². The maximum Gasteiger partial charge on any atom is 0.240 e. The van der Waals surface area contributed by atoms with Crippen molar-refractivity contribution in [1.29, 1.82) is 0 Å². The smallest absolute Gasteiger partial charge is 0.240 e. The van der Waals surface area contributed by atoms with Gasteiger partial charge in [0.05, 0.1) is 4.90 Å². The topological polar surface area (TPSA) is 94.3 Å². The molecular formula is C14H17N3O3S. The number of nitrogens with one attached hydrogen (secondary N) is 1. The maximum atomic E-state index is 12.1. The van der Waals surface area contributed by atoms with Gasteiger partial charge in [0.15, 0.2) is 0 Å². The Hall–Kier alpha value is -1.96. The Morgan fingerprint density at radius 3 is 2.57 bits per heavy atom. The lowest BCUT2D eigenvalue weighted by Crippen LogP contribution is -2.23. The van der Waals surface area contributed by atoms with E-state index in [0.717, 1.165) is 5.56 Å². The van der Waals surface area contributed by atoms with E-state index in [1.165, 1.54) is 12.1 Å². The van der Waals surface area contributed by atoms with Crippen LogP contribution in [0.2, 0.25) is 0 Å². The van der Waals surface area contributed by atoms with Crippen molar-refractivity contribution in [2.24, 2.45) is 5.73 Å². The minimum Gasteiger partial charge on any atom is -0.492 e. The third-order valence-corrected chi connectivity index (χ3v) is 4.13. The van der Waals surface area contributed by atoms with Gasteiger partial charge in [-0.3, -0.25) is 4.98 Å². The lowest BCUT2D eigenvalue weighted by Gasteiger charge is -2.08. The molecule has 0 amide bonds. The highest BCUT2D eigenvalue weighted by Gasteiger charge is 2.13. The second kappa shape index (κ2) is 7.16. The van der Waals surface area contributed by atoms with Crippen molar-refractivity contribution >= 4 is 10.0 Å². The largest absolute Gasteiger partial charge is 0.492 e. The molecule has 0 aliphatic heterocycles. The number of rotatable bonds is 7. The summed E-state index contributed by atoms with van der Waals surface area (Å²) in [5, 5.41) is 0. The van der Waals surface area contributed by atoms with Crippen LogP contribution in [0.1, 0.15) is 5.56 Å². The third-order valence-electron chi connectivity index (χ3n) is 2.71. The molecule has 112 valence electrons. The highest BCUT2D eigenvalue weighted by molar-refractivity contribution is 7.89. The van der Waals surface area contributed by atoms with Crippen LogP contribution >= 0.6 is 0 Å². The molecule has 7 heteroatoms. The zero-order valence-corrected chi connectivity index (χ0v) is 12.2. The van der Waals surface area contributed by atoms with E-state index >= 15 is 0 Å². The average Bonchev–Trinajstić information content (AvgIpc) is 2.52. The summed E-state index contributed by atoms with van der Waals surface area (Å²) in [7, 11) is -3.55. The van der Waals surface area contributed by atoms with E-state index in [0.29, 0.717) is 18.9 Å². The molecule has 0 radical (unpaired) electrons. The Bertz CT molecular complexity index is 658. The van der Waals surface area contributed by atoms with Gasteiger partial charge in [0.1, 0.15) is 12.4 Å². The van der Waals surface area contributed by atoms with Gasteiger partial charge in [-0.15, -0.1) is 0 Å². The molecule has 21 heavy (non-hydrogen) atoms. The normalized spacial score (nSPS) is 11.3. The minimum absolute atomic E-state index is 0.187. The summed E-state index contributed by atoms with van der Waals surface area (Å²) in [6.07, 6.45) is 3.25. The molecule has 0 saturated carbocycles. The number of benzene rings is 1. The molecule has 0 aliphatic carbocycles. The summed E-state index contributed by atoms with van der Waals surface area (Å²) in [6.45, 7) is 1.000. The van der Waals surface area contributed by atoms with E-state index < -0.39 is 10.0 Å². The molecule has 0 atom stereocenters. The Labute approximate surface area is 124 Å². The lowest BCUT2D eigenvalue weighted by atomic mass is 10.3. The predicted octanol–water partition coefficient (Wildman–Crippen LogP) is 0.898. The Morgan fingerprint density at radius 1 is 1.19 bits per heavy atom. The summed E-state index contributed by atoms with van der Waals surface area (Å²) in [4.78, 5) is 4.12. The first-order valence-corrected chi connectivity index (χ1v) is 7.91. The highest BCUT2D eigenvalue weighted by atomic mass is 32.2. The summed E-state index contributed by atoms with van der Waals surface area (Å²) in [5.74, 6) is 0.589. The molecular weight excluding hydrogens is 290 g/mol. The van der Waals surface area contributed by atoms with E-state index in [1.807, 2.05) is 0 Å². The molecule has 1 heterocycles. The van der Waals surface area contributed by atoms with Crippen LogP contribution < -0.4 is 15.2 Å². The van der Waals surface area contributed by atoms with E-state index in [4.69, 9.17) is 10.5 Å². The van der Waals surface area contributed by atoms with Crippen LogP contribution in [-0.4, -0.2) is 26.6 Å². The van der Waals surface area contributed by atoms with Gasteiger partial charge in [0.25, 0.3) is 0 Å². The molecule has 0 unspecified atom stereocenters. The first kappa shape index (κ1) is 15.4. The first-order valence-electron chi connectivity index (χ1n) is 6.43. The molecule has 2 rings (SSSR count). The summed E-state index contributed by atoms with van der Waals surface area (Å²) >= 11 is 0. The van der Waals surface area contributed by atoms with Gasteiger partial charge < -0.3 is 10.5 Å². The third kappa shape index (κ3) is 4.52. The van der Waals surface area contributed by atoms with E-state index in [-0.39, 0.29) is 11.4 Å². The van der Waals surface area contributed by atoms with E-state index in [1.54, 1.807) is 36.7 Å². The summed E-state index contributed by atoms with van der Waals surface area (Å²) in [6, 6.07) is 9.77. The highest BCUT2D eigenvalue weighted by Crippen LogP contribution is 2.16.